The second-order valence-corrected chi connectivity index (χ2v) is 6.03. The lowest BCUT2D eigenvalue weighted by Gasteiger charge is -2.11. The van der Waals surface area contributed by atoms with Gasteiger partial charge in [0.2, 0.25) is 0 Å². The zero-order valence-corrected chi connectivity index (χ0v) is 14.5. The summed E-state index contributed by atoms with van der Waals surface area (Å²) in [6, 6.07) is 10.5. The summed E-state index contributed by atoms with van der Waals surface area (Å²) in [6.07, 6.45) is 0. The van der Waals surface area contributed by atoms with Gasteiger partial charge in [-0.3, -0.25) is 0 Å². The first kappa shape index (κ1) is 17.4. The lowest BCUT2D eigenvalue weighted by atomic mass is 10.1. The number of benzene rings is 2. The van der Waals surface area contributed by atoms with Crippen LogP contribution in [0.25, 0.3) is 0 Å². The second kappa shape index (κ2) is 8.09. The van der Waals surface area contributed by atoms with E-state index in [1.807, 2.05) is 32.0 Å². The van der Waals surface area contributed by atoms with Crippen molar-refractivity contribution in [2.24, 2.45) is 0 Å². The molecule has 6 heteroatoms. The minimum atomic E-state index is -0.340. The van der Waals surface area contributed by atoms with Crippen molar-refractivity contribution in [1.82, 2.24) is 5.32 Å². The van der Waals surface area contributed by atoms with Crippen LogP contribution in [0.15, 0.2) is 36.4 Å². The van der Waals surface area contributed by atoms with Crippen molar-refractivity contribution in [3.63, 3.8) is 0 Å². The molecule has 122 valence electrons. The molecule has 2 aromatic carbocycles. The van der Waals surface area contributed by atoms with E-state index in [0.29, 0.717) is 28.9 Å². The fraction of sp³-hybridized carbons (Fsp3) is 0.235. The van der Waals surface area contributed by atoms with E-state index in [1.54, 1.807) is 18.2 Å². The molecular formula is C17H18Cl2N2O2. The third kappa shape index (κ3) is 5.66. The second-order valence-electron chi connectivity index (χ2n) is 5.16. The van der Waals surface area contributed by atoms with Crippen LogP contribution in [0.4, 0.5) is 10.5 Å². The van der Waals surface area contributed by atoms with Crippen molar-refractivity contribution < 1.29 is 9.53 Å². The van der Waals surface area contributed by atoms with E-state index in [1.165, 1.54) is 0 Å². The van der Waals surface area contributed by atoms with Gasteiger partial charge in [-0.25, -0.2) is 4.79 Å². The molecule has 0 fully saturated rings. The predicted molar refractivity (Wildman–Crippen MR) is 94.9 cm³/mol. The van der Waals surface area contributed by atoms with Crippen molar-refractivity contribution in [2.75, 3.05) is 18.5 Å². The van der Waals surface area contributed by atoms with Crippen molar-refractivity contribution in [3.05, 3.63) is 57.6 Å². The molecule has 0 atom stereocenters. The molecular weight excluding hydrogens is 335 g/mol. The molecule has 0 radical (unpaired) electrons. The standard InChI is InChI=1S/C17H18Cl2N2O2/c1-11-3-4-12(2)16(7-11)23-6-5-20-17(22)21-15-9-13(18)8-14(19)10-15/h3-4,7-10H,5-6H2,1-2H3,(H2,20,21,22). The molecule has 0 bridgehead atoms. The SMILES string of the molecule is Cc1ccc(C)c(OCCNC(=O)Nc2cc(Cl)cc(Cl)c2)c1. The van der Waals surface area contributed by atoms with Gasteiger partial charge in [0.15, 0.2) is 0 Å². The van der Waals surface area contributed by atoms with Crippen molar-refractivity contribution in [3.8, 4) is 5.75 Å². The average molecular weight is 353 g/mol. The maximum atomic E-state index is 11.8. The zero-order valence-electron chi connectivity index (χ0n) is 13.0. The molecule has 0 aliphatic carbocycles. The maximum absolute atomic E-state index is 11.8. The number of hydrogen-bond acceptors (Lipinski definition) is 2. The number of anilines is 1. The number of nitrogens with one attached hydrogen (secondary N) is 2. The quantitative estimate of drug-likeness (QED) is 0.758. The summed E-state index contributed by atoms with van der Waals surface area (Å²) >= 11 is 11.8. The number of carbonyl (C=O) groups is 1. The van der Waals surface area contributed by atoms with Crippen LogP contribution < -0.4 is 15.4 Å². The number of amides is 2. The van der Waals surface area contributed by atoms with E-state index in [0.717, 1.165) is 16.9 Å². The molecule has 2 amide bonds. The van der Waals surface area contributed by atoms with Crippen LogP contribution in [-0.2, 0) is 0 Å². The largest absolute Gasteiger partial charge is 0.491 e. The first-order valence-electron chi connectivity index (χ1n) is 7.15. The molecule has 0 saturated heterocycles. The van der Waals surface area contributed by atoms with E-state index in [4.69, 9.17) is 27.9 Å². The van der Waals surface area contributed by atoms with Crippen LogP contribution in [0.3, 0.4) is 0 Å². The van der Waals surface area contributed by atoms with Crippen LogP contribution >= 0.6 is 23.2 Å². The third-order valence-electron chi connectivity index (χ3n) is 3.11. The number of urea groups is 1. The molecule has 0 aliphatic rings. The van der Waals surface area contributed by atoms with Gasteiger partial charge in [-0.1, -0.05) is 35.3 Å². The van der Waals surface area contributed by atoms with Crippen LogP contribution in [-0.4, -0.2) is 19.2 Å². The summed E-state index contributed by atoms with van der Waals surface area (Å²) in [4.78, 5) is 11.8. The molecule has 0 aromatic heterocycles. The molecule has 0 heterocycles. The van der Waals surface area contributed by atoms with Gasteiger partial charge in [0, 0.05) is 15.7 Å². The summed E-state index contributed by atoms with van der Waals surface area (Å²) in [6.45, 7) is 4.76. The minimum absolute atomic E-state index is 0.340. The van der Waals surface area contributed by atoms with E-state index < -0.39 is 0 Å². The third-order valence-corrected chi connectivity index (χ3v) is 3.55. The Bertz CT molecular complexity index is 685. The fourth-order valence-electron chi connectivity index (χ4n) is 1.99. The molecule has 2 aromatic rings. The topological polar surface area (TPSA) is 50.4 Å². The number of ether oxygens (including phenoxy) is 1. The van der Waals surface area contributed by atoms with E-state index in [9.17, 15) is 4.79 Å². The van der Waals surface area contributed by atoms with Crippen molar-refractivity contribution in [2.45, 2.75) is 13.8 Å². The Hall–Kier alpha value is -1.91. The molecule has 0 aliphatic heterocycles. The van der Waals surface area contributed by atoms with Gasteiger partial charge in [-0.15, -0.1) is 0 Å². The first-order valence-corrected chi connectivity index (χ1v) is 7.90. The van der Waals surface area contributed by atoms with Crippen LogP contribution in [0.5, 0.6) is 5.75 Å². The Balaban J connectivity index is 1.77. The number of carbonyl (C=O) groups excluding carboxylic acids is 1. The van der Waals surface area contributed by atoms with Gasteiger partial charge >= 0.3 is 6.03 Å². The minimum Gasteiger partial charge on any atom is -0.491 e. The fourth-order valence-corrected chi connectivity index (χ4v) is 2.52. The molecule has 4 nitrogen and oxygen atoms in total. The Labute approximate surface area is 145 Å². The number of aryl methyl sites for hydroxylation is 2. The highest BCUT2D eigenvalue weighted by Gasteiger charge is 2.04. The first-order chi connectivity index (χ1) is 10.9. The lowest BCUT2D eigenvalue weighted by molar-refractivity contribution is 0.247. The Morgan fingerprint density at radius 1 is 1.09 bits per heavy atom. The summed E-state index contributed by atoms with van der Waals surface area (Å²) in [5.74, 6) is 0.828. The van der Waals surface area contributed by atoms with Gasteiger partial charge in [-0.2, -0.15) is 0 Å². The van der Waals surface area contributed by atoms with E-state index >= 15 is 0 Å². The Kier molecular flexibility index (Phi) is 6.13. The zero-order chi connectivity index (χ0) is 16.8. The monoisotopic (exact) mass is 352 g/mol. The maximum Gasteiger partial charge on any atom is 0.319 e. The normalized spacial score (nSPS) is 10.3. The number of hydrogen-bond donors (Lipinski definition) is 2. The molecule has 0 unspecified atom stereocenters. The summed E-state index contributed by atoms with van der Waals surface area (Å²) in [5, 5.41) is 6.31. The summed E-state index contributed by atoms with van der Waals surface area (Å²) in [7, 11) is 0. The molecule has 0 spiro atoms. The van der Waals surface area contributed by atoms with Crippen molar-refractivity contribution in [1.29, 1.82) is 0 Å². The Morgan fingerprint density at radius 3 is 2.48 bits per heavy atom. The number of halogens is 2. The molecule has 2 rings (SSSR count). The van der Waals surface area contributed by atoms with E-state index in [-0.39, 0.29) is 6.03 Å². The lowest BCUT2D eigenvalue weighted by Crippen LogP contribution is -2.32. The smallest absolute Gasteiger partial charge is 0.319 e. The molecule has 23 heavy (non-hydrogen) atoms. The van der Waals surface area contributed by atoms with Gasteiger partial charge in [0.05, 0.1) is 6.54 Å². The van der Waals surface area contributed by atoms with Crippen molar-refractivity contribution >= 4 is 34.9 Å². The van der Waals surface area contributed by atoms with Gasteiger partial charge < -0.3 is 15.4 Å². The summed E-state index contributed by atoms with van der Waals surface area (Å²) in [5.41, 5.74) is 2.73. The average Bonchev–Trinajstić information content (AvgIpc) is 2.46. The Morgan fingerprint density at radius 2 is 1.78 bits per heavy atom. The molecule has 2 N–H and O–H groups in total. The van der Waals surface area contributed by atoms with Crippen LogP contribution in [0.1, 0.15) is 11.1 Å². The van der Waals surface area contributed by atoms with E-state index in [2.05, 4.69) is 10.6 Å². The highest BCUT2D eigenvalue weighted by Crippen LogP contribution is 2.22. The predicted octanol–water partition coefficient (Wildman–Crippen LogP) is 4.81. The van der Waals surface area contributed by atoms with Crippen LogP contribution in [0.2, 0.25) is 10.0 Å². The highest BCUT2D eigenvalue weighted by atomic mass is 35.5. The molecule has 0 saturated carbocycles. The summed E-state index contributed by atoms with van der Waals surface area (Å²) < 4.78 is 5.67. The number of rotatable bonds is 5. The van der Waals surface area contributed by atoms with Gasteiger partial charge in [-0.05, 0) is 49.2 Å². The van der Waals surface area contributed by atoms with Gasteiger partial charge in [0.25, 0.3) is 0 Å². The van der Waals surface area contributed by atoms with Gasteiger partial charge in [0.1, 0.15) is 12.4 Å². The van der Waals surface area contributed by atoms with Crippen LogP contribution in [0, 0.1) is 13.8 Å². The highest BCUT2D eigenvalue weighted by molar-refractivity contribution is 6.35.